The molecule has 1 N–H and O–H groups in total. The number of likely N-dealkylation sites (tertiary alicyclic amines) is 1. The monoisotopic (exact) mass is 402 g/mol. The molecule has 1 fully saturated rings. The second-order valence-electron chi connectivity index (χ2n) is 8.06. The molecule has 0 aliphatic carbocycles. The van der Waals surface area contributed by atoms with Crippen LogP contribution < -0.4 is 10.2 Å². The van der Waals surface area contributed by atoms with Gasteiger partial charge in [-0.05, 0) is 31.0 Å². The molecule has 156 valence electrons. The predicted molar refractivity (Wildman–Crippen MR) is 123 cm³/mol. The smallest absolute Gasteiger partial charge is 0.225 e. The Kier molecular flexibility index (Phi) is 6.23. The minimum absolute atomic E-state index is 0.380. The van der Waals surface area contributed by atoms with Gasteiger partial charge in [0.2, 0.25) is 5.95 Å². The van der Waals surface area contributed by atoms with Gasteiger partial charge in [-0.15, -0.1) is 0 Å². The second kappa shape index (κ2) is 9.22. The summed E-state index contributed by atoms with van der Waals surface area (Å²) in [5, 5.41) is 3.21. The lowest BCUT2D eigenvalue weighted by atomic mass is 9.89. The van der Waals surface area contributed by atoms with Crippen molar-refractivity contribution in [3.05, 3.63) is 66.1 Å². The van der Waals surface area contributed by atoms with Crippen LogP contribution in [-0.2, 0) is 6.54 Å². The molecule has 0 radical (unpaired) electrons. The average molecular weight is 403 g/mol. The lowest BCUT2D eigenvalue weighted by Gasteiger charge is -2.33. The lowest BCUT2D eigenvalue weighted by Crippen LogP contribution is -2.34. The van der Waals surface area contributed by atoms with Gasteiger partial charge < -0.3 is 10.2 Å². The fourth-order valence-corrected chi connectivity index (χ4v) is 4.21. The Bertz CT molecular complexity index is 972. The summed E-state index contributed by atoms with van der Waals surface area (Å²) in [5.74, 6) is 2.11. The van der Waals surface area contributed by atoms with Crippen molar-refractivity contribution >= 4 is 11.8 Å². The maximum Gasteiger partial charge on any atom is 0.225 e. The SMILES string of the molecule is CNc1ncccc1CN1CCC[C@H](c2nc(N(C)C)ncc2-c2ccccc2)C1. The fourth-order valence-electron chi connectivity index (χ4n) is 4.21. The normalized spacial score (nSPS) is 17.0. The third-order valence-electron chi connectivity index (χ3n) is 5.70. The number of nitrogens with zero attached hydrogens (tertiary/aromatic N) is 5. The van der Waals surface area contributed by atoms with Crippen LogP contribution >= 0.6 is 0 Å². The van der Waals surface area contributed by atoms with Gasteiger partial charge in [-0.3, -0.25) is 4.90 Å². The first-order valence-electron chi connectivity index (χ1n) is 10.6. The zero-order valence-corrected chi connectivity index (χ0v) is 18.0. The van der Waals surface area contributed by atoms with Crippen LogP contribution in [0.2, 0.25) is 0 Å². The van der Waals surface area contributed by atoms with E-state index in [0.717, 1.165) is 55.5 Å². The van der Waals surface area contributed by atoms with E-state index >= 15 is 0 Å². The summed E-state index contributed by atoms with van der Waals surface area (Å²) in [6.07, 6.45) is 6.14. The zero-order valence-electron chi connectivity index (χ0n) is 18.0. The van der Waals surface area contributed by atoms with Gasteiger partial charge in [-0.1, -0.05) is 36.4 Å². The van der Waals surface area contributed by atoms with E-state index in [1.54, 1.807) is 0 Å². The Balaban J connectivity index is 1.63. The number of anilines is 2. The first-order chi connectivity index (χ1) is 14.7. The molecule has 0 unspecified atom stereocenters. The summed E-state index contributed by atoms with van der Waals surface area (Å²) in [7, 11) is 5.92. The molecule has 1 aliphatic heterocycles. The van der Waals surface area contributed by atoms with Gasteiger partial charge >= 0.3 is 0 Å². The van der Waals surface area contributed by atoms with Crippen LogP contribution in [0.1, 0.15) is 30.0 Å². The van der Waals surface area contributed by atoms with Crippen molar-refractivity contribution in [1.82, 2.24) is 19.9 Å². The van der Waals surface area contributed by atoms with Crippen LogP contribution in [-0.4, -0.2) is 54.1 Å². The van der Waals surface area contributed by atoms with Crippen molar-refractivity contribution in [2.75, 3.05) is 44.4 Å². The van der Waals surface area contributed by atoms with E-state index in [9.17, 15) is 0 Å². The Morgan fingerprint density at radius 1 is 1.10 bits per heavy atom. The van der Waals surface area contributed by atoms with E-state index in [2.05, 4.69) is 50.5 Å². The lowest BCUT2D eigenvalue weighted by molar-refractivity contribution is 0.199. The van der Waals surface area contributed by atoms with E-state index in [4.69, 9.17) is 4.98 Å². The molecule has 6 nitrogen and oxygen atoms in total. The van der Waals surface area contributed by atoms with Crippen LogP contribution in [0, 0.1) is 0 Å². The van der Waals surface area contributed by atoms with Crippen LogP contribution in [0.4, 0.5) is 11.8 Å². The van der Waals surface area contributed by atoms with Gasteiger partial charge in [0.05, 0.1) is 5.69 Å². The molecule has 2 aromatic heterocycles. The average Bonchev–Trinajstić information content (AvgIpc) is 2.80. The molecular formula is C24H30N6. The molecule has 1 aromatic carbocycles. The number of pyridine rings is 1. The van der Waals surface area contributed by atoms with Gasteiger partial charge in [-0.2, -0.15) is 0 Å². The fraction of sp³-hybridized carbons (Fsp3) is 0.375. The Hall–Kier alpha value is -2.99. The maximum atomic E-state index is 5.01. The van der Waals surface area contributed by atoms with Crippen molar-refractivity contribution < 1.29 is 0 Å². The highest BCUT2D eigenvalue weighted by Gasteiger charge is 2.26. The number of nitrogens with one attached hydrogen (secondary N) is 1. The minimum Gasteiger partial charge on any atom is -0.373 e. The Labute approximate surface area is 179 Å². The highest BCUT2D eigenvalue weighted by molar-refractivity contribution is 5.66. The molecule has 0 amide bonds. The standard InChI is InChI=1S/C24H30N6/c1-25-23-20(11-7-13-26-23)17-30-14-8-12-19(16-30)22-21(18-9-5-4-6-10-18)15-27-24(28-22)29(2)3/h4-7,9-11,13,15,19H,8,12,14,16-17H2,1-3H3,(H,25,26)/t19-/m0/s1. The number of rotatable bonds is 6. The van der Waals surface area contributed by atoms with Crippen LogP contribution in [0.15, 0.2) is 54.9 Å². The predicted octanol–water partition coefficient (Wildman–Crippen LogP) is 4.03. The van der Waals surface area contributed by atoms with Crippen molar-refractivity contribution in [2.24, 2.45) is 0 Å². The van der Waals surface area contributed by atoms with Crippen LogP contribution in [0.3, 0.4) is 0 Å². The molecule has 1 aliphatic rings. The quantitative estimate of drug-likeness (QED) is 0.672. The van der Waals surface area contributed by atoms with Crippen molar-refractivity contribution in [3.63, 3.8) is 0 Å². The largest absolute Gasteiger partial charge is 0.373 e. The summed E-state index contributed by atoms with van der Waals surface area (Å²) < 4.78 is 0. The molecule has 30 heavy (non-hydrogen) atoms. The van der Waals surface area contributed by atoms with Crippen molar-refractivity contribution in [3.8, 4) is 11.1 Å². The first kappa shape index (κ1) is 20.3. The number of hydrogen-bond acceptors (Lipinski definition) is 6. The highest BCUT2D eigenvalue weighted by atomic mass is 15.2. The van der Waals surface area contributed by atoms with Crippen molar-refractivity contribution in [1.29, 1.82) is 0 Å². The number of aromatic nitrogens is 3. The summed E-state index contributed by atoms with van der Waals surface area (Å²) in [4.78, 5) is 18.6. The topological polar surface area (TPSA) is 57.2 Å². The zero-order chi connectivity index (χ0) is 20.9. The molecule has 1 atom stereocenters. The summed E-state index contributed by atoms with van der Waals surface area (Å²) in [6, 6.07) is 14.7. The number of benzene rings is 1. The molecule has 0 saturated carbocycles. The van der Waals surface area contributed by atoms with E-state index < -0.39 is 0 Å². The molecule has 3 heterocycles. The van der Waals surface area contributed by atoms with Gasteiger partial charge in [0.15, 0.2) is 0 Å². The molecule has 6 heteroatoms. The van der Waals surface area contributed by atoms with E-state index in [-0.39, 0.29) is 0 Å². The summed E-state index contributed by atoms with van der Waals surface area (Å²) in [5.41, 5.74) is 4.72. The highest BCUT2D eigenvalue weighted by Crippen LogP contribution is 2.34. The minimum atomic E-state index is 0.380. The first-order valence-corrected chi connectivity index (χ1v) is 10.6. The third-order valence-corrected chi connectivity index (χ3v) is 5.70. The molecular weight excluding hydrogens is 372 g/mol. The maximum absolute atomic E-state index is 5.01. The molecule has 0 spiro atoms. The van der Waals surface area contributed by atoms with E-state index in [1.807, 2.05) is 50.6 Å². The van der Waals surface area contributed by atoms with Crippen LogP contribution in [0.5, 0.6) is 0 Å². The van der Waals surface area contributed by atoms with E-state index in [0.29, 0.717) is 5.92 Å². The number of hydrogen-bond donors (Lipinski definition) is 1. The molecule has 3 aromatic rings. The second-order valence-corrected chi connectivity index (χ2v) is 8.06. The van der Waals surface area contributed by atoms with Gasteiger partial charge in [0.1, 0.15) is 5.82 Å². The van der Waals surface area contributed by atoms with Gasteiger partial charge in [0.25, 0.3) is 0 Å². The van der Waals surface area contributed by atoms with E-state index in [1.165, 1.54) is 11.1 Å². The van der Waals surface area contributed by atoms with Gasteiger partial charge in [0, 0.05) is 63.7 Å². The summed E-state index contributed by atoms with van der Waals surface area (Å²) in [6.45, 7) is 2.98. The van der Waals surface area contributed by atoms with Crippen molar-refractivity contribution in [2.45, 2.75) is 25.3 Å². The third kappa shape index (κ3) is 4.44. The Morgan fingerprint density at radius 2 is 1.93 bits per heavy atom. The number of piperidine rings is 1. The molecule has 0 bridgehead atoms. The molecule has 4 rings (SSSR count). The van der Waals surface area contributed by atoms with Gasteiger partial charge in [-0.25, -0.2) is 15.0 Å². The Morgan fingerprint density at radius 3 is 2.70 bits per heavy atom. The molecule has 1 saturated heterocycles. The summed E-state index contributed by atoms with van der Waals surface area (Å²) >= 11 is 0. The van der Waals surface area contributed by atoms with Crippen LogP contribution in [0.25, 0.3) is 11.1 Å².